The van der Waals surface area contributed by atoms with E-state index < -0.39 is 0 Å². The van der Waals surface area contributed by atoms with E-state index in [1.165, 1.54) is 5.39 Å². The minimum Gasteiger partial charge on any atom is -0.232 e. The van der Waals surface area contributed by atoms with Crippen LogP contribution in [0.3, 0.4) is 0 Å². The topological polar surface area (TPSA) is 17.8 Å². The molecule has 3 rings (SSSR count). The molecule has 0 bridgehead atoms. The summed E-state index contributed by atoms with van der Waals surface area (Å²) in [6.45, 7) is 0. The third kappa shape index (κ3) is 1.51. The Morgan fingerprint density at radius 1 is 0.875 bits per heavy atom. The van der Waals surface area contributed by atoms with Crippen molar-refractivity contribution < 1.29 is 0 Å². The standard InChI is InChI=1S/C13H9IN2/c14-13-11-8-4-5-9-12(11)16(15-13)10-6-2-1-3-7-10/h1-9H. The highest BCUT2D eigenvalue weighted by Crippen LogP contribution is 2.22. The quantitative estimate of drug-likeness (QED) is 0.626. The smallest absolute Gasteiger partial charge is 0.131 e. The SMILES string of the molecule is Ic1nn(-c2ccccc2)c2ccccc12. The summed E-state index contributed by atoms with van der Waals surface area (Å²) < 4.78 is 3.02. The van der Waals surface area contributed by atoms with Crippen molar-refractivity contribution in [2.75, 3.05) is 0 Å². The lowest BCUT2D eigenvalue weighted by Crippen LogP contribution is -1.95. The molecule has 0 radical (unpaired) electrons. The van der Waals surface area contributed by atoms with Gasteiger partial charge in [-0.05, 0) is 40.8 Å². The van der Waals surface area contributed by atoms with Crippen LogP contribution in [0.15, 0.2) is 54.6 Å². The van der Waals surface area contributed by atoms with Crippen LogP contribution in [0.1, 0.15) is 0 Å². The Morgan fingerprint density at radius 3 is 2.38 bits per heavy atom. The molecular formula is C13H9IN2. The molecule has 0 fully saturated rings. The van der Waals surface area contributed by atoms with Crippen LogP contribution in [0.5, 0.6) is 0 Å². The summed E-state index contributed by atoms with van der Waals surface area (Å²) in [6.07, 6.45) is 0. The van der Waals surface area contributed by atoms with Gasteiger partial charge >= 0.3 is 0 Å². The second-order valence-corrected chi connectivity index (χ2v) is 4.58. The predicted molar refractivity (Wildman–Crippen MR) is 73.8 cm³/mol. The third-order valence-electron chi connectivity index (χ3n) is 2.54. The van der Waals surface area contributed by atoms with Gasteiger partial charge in [-0.3, -0.25) is 0 Å². The van der Waals surface area contributed by atoms with E-state index in [1.807, 2.05) is 35.0 Å². The Bertz CT molecular complexity index is 629. The summed E-state index contributed by atoms with van der Waals surface area (Å²) in [5.74, 6) is 0. The van der Waals surface area contributed by atoms with E-state index in [0.29, 0.717) is 0 Å². The molecule has 0 spiro atoms. The minimum absolute atomic E-state index is 1.04. The van der Waals surface area contributed by atoms with Crippen LogP contribution in [-0.4, -0.2) is 9.78 Å². The molecule has 1 aromatic heterocycles. The third-order valence-corrected chi connectivity index (χ3v) is 3.34. The van der Waals surface area contributed by atoms with Crippen LogP contribution < -0.4 is 0 Å². The molecule has 0 aliphatic carbocycles. The second kappa shape index (κ2) is 3.90. The van der Waals surface area contributed by atoms with Crippen LogP contribution in [0, 0.1) is 3.70 Å². The van der Waals surface area contributed by atoms with E-state index in [0.717, 1.165) is 14.9 Å². The molecular weight excluding hydrogens is 311 g/mol. The summed E-state index contributed by atoms with van der Waals surface area (Å²) >= 11 is 2.27. The number of nitrogens with zero attached hydrogens (tertiary/aromatic N) is 2. The van der Waals surface area contributed by atoms with Crippen molar-refractivity contribution in [2.45, 2.75) is 0 Å². The molecule has 0 amide bonds. The van der Waals surface area contributed by atoms with Crippen molar-refractivity contribution in [3.8, 4) is 5.69 Å². The van der Waals surface area contributed by atoms with Gasteiger partial charge < -0.3 is 0 Å². The Balaban J connectivity index is 2.33. The maximum atomic E-state index is 4.56. The summed E-state index contributed by atoms with van der Waals surface area (Å²) in [4.78, 5) is 0. The summed E-state index contributed by atoms with van der Waals surface area (Å²) in [6, 6.07) is 18.5. The second-order valence-electron chi connectivity index (χ2n) is 3.56. The number of fused-ring (bicyclic) bond motifs is 1. The zero-order valence-corrected chi connectivity index (χ0v) is 10.6. The molecule has 0 aliphatic rings. The van der Waals surface area contributed by atoms with Crippen LogP contribution in [0.25, 0.3) is 16.6 Å². The van der Waals surface area contributed by atoms with Gasteiger partial charge in [-0.15, -0.1) is 0 Å². The van der Waals surface area contributed by atoms with E-state index in [9.17, 15) is 0 Å². The number of para-hydroxylation sites is 2. The summed E-state index contributed by atoms with van der Waals surface area (Å²) in [5.41, 5.74) is 2.25. The lowest BCUT2D eigenvalue weighted by molar-refractivity contribution is 0.897. The molecule has 1 heterocycles. The van der Waals surface area contributed by atoms with Crippen LogP contribution >= 0.6 is 22.6 Å². The number of benzene rings is 2. The summed E-state index contributed by atoms with van der Waals surface area (Å²) in [5, 5.41) is 5.76. The monoisotopic (exact) mass is 320 g/mol. The van der Waals surface area contributed by atoms with Crippen molar-refractivity contribution in [1.82, 2.24) is 9.78 Å². The van der Waals surface area contributed by atoms with Gasteiger partial charge in [0.15, 0.2) is 0 Å². The molecule has 78 valence electrons. The van der Waals surface area contributed by atoms with Gasteiger partial charge in [-0.25, -0.2) is 4.68 Å². The molecule has 16 heavy (non-hydrogen) atoms. The van der Waals surface area contributed by atoms with Gasteiger partial charge in [0.25, 0.3) is 0 Å². The first-order chi connectivity index (χ1) is 7.86. The molecule has 0 aliphatic heterocycles. The van der Waals surface area contributed by atoms with Gasteiger partial charge in [0.2, 0.25) is 0 Å². The lowest BCUT2D eigenvalue weighted by atomic mass is 10.2. The van der Waals surface area contributed by atoms with E-state index >= 15 is 0 Å². The average Bonchev–Trinajstić information content (AvgIpc) is 2.69. The van der Waals surface area contributed by atoms with E-state index in [-0.39, 0.29) is 0 Å². The first-order valence-corrected chi connectivity index (χ1v) is 6.13. The normalized spacial score (nSPS) is 10.8. The highest BCUT2D eigenvalue weighted by Gasteiger charge is 2.07. The Labute approximate surface area is 107 Å². The highest BCUT2D eigenvalue weighted by molar-refractivity contribution is 14.1. The van der Waals surface area contributed by atoms with Crippen molar-refractivity contribution in [1.29, 1.82) is 0 Å². The van der Waals surface area contributed by atoms with Gasteiger partial charge in [-0.2, -0.15) is 5.10 Å². The summed E-state index contributed by atoms with van der Waals surface area (Å²) in [7, 11) is 0. The fourth-order valence-electron chi connectivity index (χ4n) is 1.79. The zero-order valence-electron chi connectivity index (χ0n) is 8.47. The average molecular weight is 320 g/mol. The Morgan fingerprint density at radius 2 is 1.56 bits per heavy atom. The van der Waals surface area contributed by atoms with Crippen LogP contribution in [0.2, 0.25) is 0 Å². The Kier molecular flexibility index (Phi) is 2.40. The van der Waals surface area contributed by atoms with Crippen LogP contribution in [-0.2, 0) is 0 Å². The van der Waals surface area contributed by atoms with E-state index in [1.54, 1.807) is 0 Å². The highest BCUT2D eigenvalue weighted by atomic mass is 127. The molecule has 0 saturated heterocycles. The van der Waals surface area contributed by atoms with E-state index in [2.05, 4.69) is 52.0 Å². The van der Waals surface area contributed by atoms with Gasteiger partial charge in [0.05, 0.1) is 11.2 Å². The fourth-order valence-corrected chi connectivity index (χ4v) is 2.47. The molecule has 0 unspecified atom stereocenters. The number of aromatic nitrogens is 2. The number of hydrogen-bond donors (Lipinski definition) is 0. The fraction of sp³-hybridized carbons (Fsp3) is 0. The minimum atomic E-state index is 1.04. The zero-order chi connectivity index (χ0) is 11.0. The molecule has 0 N–H and O–H groups in total. The molecule has 3 heteroatoms. The maximum Gasteiger partial charge on any atom is 0.131 e. The first-order valence-electron chi connectivity index (χ1n) is 5.05. The van der Waals surface area contributed by atoms with Crippen LogP contribution in [0.4, 0.5) is 0 Å². The van der Waals surface area contributed by atoms with Crippen molar-refractivity contribution in [3.63, 3.8) is 0 Å². The van der Waals surface area contributed by atoms with Gasteiger partial charge in [-0.1, -0.05) is 36.4 Å². The number of halogens is 1. The Hall–Kier alpha value is -1.36. The van der Waals surface area contributed by atoms with Crippen molar-refractivity contribution in [2.24, 2.45) is 0 Å². The van der Waals surface area contributed by atoms with E-state index in [4.69, 9.17) is 0 Å². The molecule has 0 atom stereocenters. The van der Waals surface area contributed by atoms with Crippen molar-refractivity contribution in [3.05, 3.63) is 58.3 Å². The predicted octanol–water partition coefficient (Wildman–Crippen LogP) is 3.63. The van der Waals surface area contributed by atoms with Crippen molar-refractivity contribution >= 4 is 33.5 Å². The van der Waals surface area contributed by atoms with Gasteiger partial charge in [0.1, 0.15) is 3.70 Å². The molecule has 2 nitrogen and oxygen atoms in total. The molecule has 3 aromatic rings. The van der Waals surface area contributed by atoms with Gasteiger partial charge in [0, 0.05) is 5.39 Å². The maximum absolute atomic E-state index is 4.56. The first kappa shape index (κ1) is 9.84. The molecule has 0 saturated carbocycles. The molecule has 2 aromatic carbocycles. The lowest BCUT2D eigenvalue weighted by Gasteiger charge is -2.01. The number of rotatable bonds is 1. The number of hydrogen-bond acceptors (Lipinski definition) is 1. The largest absolute Gasteiger partial charge is 0.232 e.